The first-order chi connectivity index (χ1) is 10.1. The van der Waals surface area contributed by atoms with E-state index in [2.05, 4.69) is 0 Å². The quantitative estimate of drug-likeness (QED) is 0.879. The average Bonchev–Trinajstić information content (AvgIpc) is 3.24. The third kappa shape index (κ3) is 2.78. The topological polar surface area (TPSA) is 83.6 Å². The van der Waals surface area contributed by atoms with Crippen molar-refractivity contribution in [3.05, 3.63) is 35.9 Å². The summed E-state index contributed by atoms with van der Waals surface area (Å²) in [5.74, 6) is -0.356. The van der Waals surface area contributed by atoms with Gasteiger partial charge in [0, 0.05) is 5.75 Å². The highest BCUT2D eigenvalue weighted by Gasteiger charge is 2.48. The standard InChI is InChI=1S/C15H18N2O3S/c16-12(9-4-2-1-3-5-9)13(18)17-11(15(19)20)8-21-14(17)10-6-7-10/h1-5,10-12,14H,6-8,16H2,(H,19,20)/t11?,12-,14?/m1/s1. The van der Waals surface area contributed by atoms with Crippen LogP contribution in [0, 0.1) is 5.92 Å². The largest absolute Gasteiger partial charge is 0.480 e. The maximum atomic E-state index is 12.7. The molecule has 2 aliphatic rings. The molecule has 0 bridgehead atoms. The average molecular weight is 306 g/mol. The number of hydrogen-bond donors (Lipinski definition) is 2. The molecule has 2 fully saturated rings. The Morgan fingerprint density at radius 2 is 1.95 bits per heavy atom. The number of rotatable bonds is 4. The molecule has 3 rings (SSSR count). The minimum Gasteiger partial charge on any atom is -0.480 e. The Morgan fingerprint density at radius 3 is 2.52 bits per heavy atom. The number of amides is 1. The molecule has 0 radical (unpaired) electrons. The third-order valence-electron chi connectivity index (χ3n) is 4.02. The molecule has 1 aliphatic heterocycles. The van der Waals surface area contributed by atoms with Crippen molar-refractivity contribution in [2.75, 3.05) is 5.75 Å². The molecule has 1 amide bonds. The van der Waals surface area contributed by atoms with Gasteiger partial charge in [0.15, 0.2) is 0 Å². The van der Waals surface area contributed by atoms with E-state index in [1.165, 1.54) is 4.90 Å². The molecule has 3 N–H and O–H groups in total. The van der Waals surface area contributed by atoms with Gasteiger partial charge < -0.3 is 15.7 Å². The molecule has 1 saturated heterocycles. The number of benzene rings is 1. The Labute approximate surface area is 127 Å². The van der Waals surface area contributed by atoms with Gasteiger partial charge in [0.1, 0.15) is 12.1 Å². The first kappa shape index (κ1) is 14.4. The molecule has 6 heteroatoms. The summed E-state index contributed by atoms with van der Waals surface area (Å²) in [5, 5.41) is 9.32. The zero-order chi connectivity index (χ0) is 15.0. The van der Waals surface area contributed by atoms with Crippen LogP contribution >= 0.6 is 11.8 Å². The van der Waals surface area contributed by atoms with Gasteiger partial charge in [-0.3, -0.25) is 4.79 Å². The van der Waals surface area contributed by atoms with Gasteiger partial charge in [0.05, 0.1) is 5.37 Å². The molecule has 1 aromatic rings. The molecule has 1 saturated carbocycles. The van der Waals surface area contributed by atoms with E-state index < -0.39 is 18.1 Å². The Morgan fingerprint density at radius 1 is 1.29 bits per heavy atom. The summed E-state index contributed by atoms with van der Waals surface area (Å²) in [5.41, 5.74) is 6.79. The molecule has 5 nitrogen and oxygen atoms in total. The van der Waals surface area contributed by atoms with E-state index in [-0.39, 0.29) is 11.3 Å². The number of aliphatic carboxylic acids is 1. The second kappa shape index (κ2) is 5.69. The van der Waals surface area contributed by atoms with E-state index >= 15 is 0 Å². The van der Waals surface area contributed by atoms with Crippen LogP contribution in [0.3, 0.4) is 0 Å². The molecule has 1 heterocycles. The molecular weight excluding hydrogens is 288 g/mol. The van der Waals surface area contributed by atoms with Gasteiger partial charge in [0.25, 0.3) is 0 Å². The summed E-state index contributed by atoms with van der Waals surface area (Å²) in [7, 11) is 0. The van der Waals surface area contributed by atoms with Gasteiger partial charge in [-0.15, -0.1) is 11.8 Å². The van der Waals surface area contributed by atoms with Gasteiger partial charge in [-0.2, -0.15) is 0 Å². The molecular formula is C15H18N2O3S. The molecule has 1 aliphatic carbocycles. The zero-order valence-corrected chi connectivity index (χ0v) is 12.3. The van der Waals surface area contributed by atoms with Crippen LogP contribution in [0.1, 0.15) is 24.4 Å². The van der Waals surface area contributed by atoms with Crippen molar-refractivity contribution in [2.24, 2.45) is 11.7 Å². The van der Waals surface area contributed by atoms with Crippen LogP contribution < -0.4 is 5.73 Å². The smallest absolute Gasteiger partial charge is 0.327 e. The van der Waals surface area contributed by atoms with E-state index in [0.29, 0.717) is 11.7 Å². The Hall–Kier alpha value is -1.53. The van der Waals surface area contributed by atoms with Crippen LogP contribution in [0.25, 0.3) is 0 Å². The maximum Gasteiger partial charge on any atom is 0.327 e. The SMILES string of the molecule is N[C@@H](C(=O)N1C(C(=O)O)CSC1C1CC1)c1ccccc1. The predicted molar refractivity (Wildman–Crippen MR) is 80.6 cm³/mol. The summed E-state index contributed by atoms with van der Waals surface area (Å²) in [6.07, 6.45) is 2.13. The van der Waals surface area contributed by atoms with Crippen molar-refractivity contribution < 1.29 is 14.7 Å². The van der Waals surface area contributed by atoms with E-state index in [1.54, 1.807) is 23.9 Å². The van der Waals surface area contributed by atoms with Gasteiger partial charge in [-0.05, 0) is 24.3 Å². The minimum absolute atomic E-state index is 0.0339. The third-order valence-corrected chi connectivity index (χ3v) is 5.49. The van der Waals surface area contributed by atoms with E-state index in [0.717, 1.165) is 18.4 Å². The number of hydrogen-bond acceptors (Lipinski definition) is 4. The number of carboxylic acid groups (broad SMARTS) is 1. The highest BCUT2D eigenvalue weighted by atomic mass is 32.2. The van der Waals surface area contributed by atoms with Crippen LogP contribution in [0.5, 0.6) is 0 Å². The Bertz CT molecular complexity index is 547. The van der Waals surface area contributed by atoms with Crippen LogP contribution in [0.2, 0.25) is 0 Å². The molecule has 0 spiro atoms. The molecule has 2 unspecified atom stereocenters. The fourth-order valence-corrected chi connectivity index (χ4v) is 4.34. The van der Waals surface area contributed by atoms with Crippen molar-refractivity contribution in [3.8, 4) is 0 Å². The lowest BCUT2D eigenvalue weighted by Gasteiger charge is -2.30. The minimum atomic E-state index is -0.945. The van der Waals surface area contributed by atoms with E-state index in [4.69, 9.17) is 5.73 Å². The summed E-state index contributed by atoms with van der Waals surface area (Å²) in [6, 6.07) is 7.56. The van der Waals surface area contributed by atoms with Crippen molar-refractivity contribution in [1.82, 2.24) is 4.90 Å². The normalized spacial score (nSPS) is 26.6. The number of thioether (sulfide) groups is 1. The molecule has 1 aromatic carbocycles. The Balaban J connectivity index is 1.84. The lowest BCUT2D eigenvalue weighted by molar-refractivity contribution is -0.150. The summed E-state index contributed by atoms with van der Waals surface area (Å²) >= 11 is 1.57. The Kier molecular flexibility index (Phi) is 3.91. The van der Waals surface area contributed by atoms with E-state index in [9.17, 15) is 14.7 Å². The number of carboxylic acids is 1. The number of nitrogens with zero attached hydrogens (tertiary/aromatic N) is 1. The first-order valence-corrected chi connectivity index (χ1v) is 8.11. The first-order valence-electron chi connectivity index (χ1n) is 7.06. The van der Waals surface area contributed by atoms with Crippen molar-refractivity contribution in [1.29, 1.82) is 0 Å². The maximum absolute atomic E-state index is 12.7. The fraction of sp³-hybridized carbons (Fsp3) is 0.467. The second-order valence-electron chi connectivity index (χ2n) is 5.55. The van der Waals surface area contributed by atoms with Crippen molar-refractivity contribution in [3.63, 3.8) is 0 Å². The van der Waals surface area contributed by atoms with E-state index in [1.807, 2.05) is 18.2 Å². The van der Waals surface area contributed by atoms with Gasteiger partial charge >= 0.3 is 5.97 Å². The lowest BCUT2D eigenvalue weighted by atomic mass is 10.1. The zero-order valence-electron chi connectivity index (χ0n) is 11.5. The second-order valence-corrected chi connectivity index (χ2v) is 6.70. The number of nitrogens with two attached hydrogens (primary N) is 1. The predicted octanol–water partition coefficient (Wildman–Crippen LogP) is 1.45. The molecule has 3 atom stereocenters. The number of carbonyl (C=O) groups is 2. The fourth-order valence-electron chi connectivity index (χ4n) is 2.71. The van der Waals surface area contributed by atoms with Crippen LogP contribution in [-0.4, -0.2) is 39.1 Å². The summed E-state index contributed by atoms with van der Waals surface area (Å²) in [4.78, 5) is 25.7. The van der Waals surface area contributed by atoms with Gasteiger partial charge in [0.2, 0.25) is 5.91 Å². The van der Waals surface area contributed by atoms with Crippen LogP contribution in [0.15, 0.2) is 30.3 Å². The highest BCUT2D eigenvalue weighted by Crippen LogP contribution is 2.46. The number of carbonyl (C=O) groups excluding carboxylic acids is 1. The molecule has 21 heavy (non-hydrogen) atoms. The van der Waals surface area contributed by atoms with Crippen LogP contribution in [-0.2, 0) is 9.59 Å². The highest BCUT2D eigenvalue weighted by molar-refractivity contribution is 8.00. The van der Waals surface area contributed by atoms with Crippen molar-refractivity contribution in [2.45, 2.75) is 30.3 Å². The summed E-state index contributed by atoms with van der Waals surface area (Å²) in [6.45, 7) is 0. The summed E-state index contributed by atoms with van der Waals surface area (Å²) < 4.78 is 0. The molecule has 0 aromatic heterocycles. The van der Waals surface area contributed by atoms with Crippen molar-refractivity contribution >= 4 is 23.6 Å². The van der Waals surface area contributed by atoms with Gasteiger partial charge in [-0.1, -0.05) is 30.3 Å². The monoisotopic (exact) mass is 306 g/mol. The lowest BCUT2D eigenvalue weighted by Crippen LogP contribution is -2.49. The van der Waals surface area contributed by atoms with Gasteiger partial charge in [-0.25, -0.2) is 4.79 Å². The molecule has 112 valence electrons. The van der Waals surface area contributed by atoms with Crippen LogP contribution in [0.4, 0.5) is 0 Å².